The van der Waals surface area contributed by atoms with Gasteiger partial charge in [0, 0.05) is 0 Å². The summed E-state index contributed by atoms with van der Waals surface area (Å²) in [5.74, 6) is -0.616. The highest BCUT2D eigenvalue weighted by Gasteiger charge is 2.52. The van der Waals surface area contributed by atoms with E-state index in [1.165, 1.54) is 37.3 Å². The van der Waals surface area contributed by atoms with E-state index in [4.69, 9.17) is 20.0 Å². The molecule has 3 rings (SSSR count). The largest absolute Gasteiger partial charge is 0.489 e. The Morgan fingerprint density at radius 2 is 1.77 bits per heavy atom. The number of carbonyl (C=O) groups excluding carboxylic acids is 2. The van der Waals surface area contributed by atoms with Crippen molar-refractivity contribution in [1.82, 2.24) is 0 Å². The fourth-order valence-corrected chi connectivity index (χ4v) is 2.77. The van der Waals surface area contributed by atoms with E-state index in [1.54, 1.807) is 0 Å². The SMILES string of the molecule is CC1(COc2ccc(C#N)cc2)OC(=O)N(c2ccc(C#N)c(C(F)(F)F)c2)C1=O. The topological polar surface area (TPSA) is 103 Å². The second kappa shape index (κ2) is 7.41. The average molecular weight is 415 g/mol. The molecule has 7 nitrogen and oxygen atoms in total. The van der Waals surface area contributed by atoms with Crippen LogP contribution in [0.25, 0.3) is 0 Å². The van der Waals surface area contributed by atoms with Crippen molar-refractivity contribution >= 4 is 17.7 Å². The Hall–Kier alpha value is -4.05. The van der Waals surface area contributed by atoms with Gasteiger partial charge in [0.25, 0.3) is 5.91 Å². The zero-order chi connectivity index (χ0) is 22.1. The number of nitrogens with zero attached hydrogens (tertiary/aromatic N) is 3. The minimum absolute atomic E-state index is 0.301. The number of benzene rings is 2. The summed E-state index contributed by atoms with van der Waals surface area (Å²) in [6.45, 7) is 0.869. The van der Waals surface area contributed by atoms with E-state index in [2.05, 4.69) is 0 Å². The van der Waals surface area contributed by atoms with Crippen molar-refractivity contribution in [1.29, 1.82) is 10.5 Å². The number of alkyl halides is 3. The Morgan fingerprint density at radius 1 is 1.10 bits per heavy atom. The van der Waals surface area contributed by atoms with Crippen LogP contribution < -0.4 is 9.64 Å². The molecule has 0 radical (unpaired) electrons. The van der Waals surface area contributed by atoms with Gasteiger partial charge in [-0.1, -0.05) is 0 Å². The average Bonchev–Trinajstić information content (AvgIpc) is 2.94. The van der Waals surface area contributed by atoms with Crippen molar-refractivity contribution in [3.8, 4) is 17.9 Å². The van der Waals surface area contributed by atoms with Gasteiger partial charge in [-0.2, -0.15) is 23.7 Å². The van der Waals surface area contributed by atoms with Crippen LogP contribution in [0.1, 0.15) is 23.6 Å². The fraction of sp³-hybridized carbons (Fsp3) is 0.200. The zero-order valence-corrected chi connectivity index (χ0v) is 15.4. The van der Waals surface area contributed by atoms with E-state index < -0.39 is 41.5 Å². The molecule has 10 heteroatoms. The van der Waals surface area contributed by atoms with Crippen LogP contribution in [0.5, 0.6) is 5.75 Å². The number of rotatable bonds is 4. The smallest absolute Gasteiger partial charge is 0.422 e. The molecule has 1 aliphatic heterocycles. The lowest BCUT2D eigenvalue weighted by Gasteiger charge is -2.20. The first-order valence-corrected chi connectivity index (χ1v) is 8.41. The lowest BCUT2D eigenvalue weighted by Crippen LogP contribution is -2.43. The van der Waals surface area contributed by atoms with Gasteiger partial charge < -0.3 is 9.47 Å². The number of amides is 2. The first-order chi connectivity index (χ1) is 14.1. The first-order valence-electron chi connectivity index (χ1n) is 8.41. The van der Waals surface area contributed by atoms with Crippen LogP contribution >= 0.6 is 0 Å². The Labute approximate surface area is 168 Å². The molecule has 0 aromatic heterocycles. The second-order valence-corrected chi connectivity index (χ2v) is 6.50. The molecule has 2 amide bonds. The number of hydrogen-bond acceptors (Lipinski definition) is 6. The summed E-state index contributed by atoms with van der Waals surface area (Å²) in [7, 11) is 0. The number of anilines is 1. The van der Waals surface area contributed by atoms with Gasteiger partial charge in [-0.3, -0.25) is 4.79 Å². The maximum atomic E-state index is 13.2. The van der Waals surface area contributed by atoms with Gasteiger partial charge in [-0.05, 0) is 49.4 Å². The molecule has 2 aromatic rings. The molecule has 2 aromatic carbocycles. The van der Waals surface area contributed by atoms with Crippen LogP contribution in [-0.4, -0.2) is 24.2 Å². The van der Waals surface area contributed by atoms with E-state index >= 15 is 0 Å². The number of hydrogen-bond donors (Lipinski definition) is 0. The van der Waals surface area contributed by atoms with Crippen LogP contribution in [0.2, 0.25) is 0 Å². The molecule has 0 saturated carbocycles. The summed E-state index contributed by atoms with van der Waals surface area (Å²) in [6, 6.07) is 11.8. The number of ether oxygens (including phenoxy) is 2. The van der Waals surface area contributed by atoms with Gasteiger partial charge >= 0.3 is 12.3 Å². The predicted octanol–water partition coefficient (Wildman–Crippen LogP) is 3.77. The molecule has 1 fully saturated rings. The van der Waals surface area contributed by atoms with Crippen molar-refractivity contribution < 1.29 is 32.2 Å². The van der Waals surface area contributed by atoms with E-state index in [0.29, 0.717) is 22.3 Å². The van der Waals surface area contributed by atoms with E-state index in [1.807, 2.05) is 6.07 Å². The summed E-state index contributed by atoms with van der Waals surface area (Å²) in [5, 5.41) is 17.7. The molecule has 1 atom stereocenters. The third-order valence-corrected chi connectivity index (χ3v) is 4.34. The summed E-state index contributed by atoms with van der Waals surface area (Å²) in [5.41, 5.74) is -3.68. The van der Waals surface area contributed by atoms with E-state index in [-0.39, 0.29) is 5.69 Å². The van der Waals surface area contributed by atoms with Gasteiger partial charge in [0.05, 0.1) is 34.5 Å². The quantitative estimate of drug-likeness (QED) is 0.753. The number of cyclic esters (lactones) is 1. The maximum absolute atomic E-state index is 13.2. The van der Waals surface area contributed by atoms with Crippen molar-refractivity contribution in [2.45, 2.75) is 18.7 Å². The Kier molecular flexibility index (Phi) is 5.11. The van der Waals surface area contributed by atoms with Crippen molar-refractivity contribution in [2.24, 2.45) is 0 Å². The number of imide groups is 1. The second-order valence-electron chi connectivity index (χ2n) is 6.50. The molecular weight excluding hydrogens is 403 g/mol. The predicted molar refractivity (Wildman–Crippen MR) is 95.2 cm³/mol. The fourth-order valence-electron chi connectivity index (χ4n) is 2.77. The lowest BCUT2D eigenvalue weighted by molar-refractivity contribution is -0.137. The van der Waals surface area contributed by atoms with E-state index in [0.717, 1.165) is 12.1 Å². The Morgan fingerprint density at radius 3 is 2.33 bits per heavy atom. The van der Waals surface area contributed by atoms with Crippen LogP contribution in [0.4, 0.5) is 23.7 Å². The van der Waals surface area contributed by atoms with Gasteiger partial charge in [-0.25, -0.2) is 9.69 Å². The molecule has 0 aliphatic carbocycles. The highest BCUT2D eigenvalue weighted by molar-refractivity contribution is 6.20. The molecule has 30 heavy (non-hydrogen) atoms. The lowest BCUT2D eigenvalue weighted by atomic mass is 10.0. The number of carbonyl (C=O) groups is 2. The summed E-state index contributed by atoms with van der Waals surface area (Å²) < 4.78 is 50.1. The molecule has 152 valence electrons. The summed E-state index contributed by atoms with van der Waals surface area (Å²) >= 11 is 0. The molecular formula is C20H12F3N3O4. The van der Waals surface area contributed by atoms with Crippen LogP contribution in [0.15, 0.2) is 42.5 Å². The third kappa shape index (κ3) is 3.76. The minimum atomic E-state index is -4.85. The van der Waals surface area contributed by atoms with Crippen LogP contribution in [0.3, 0.4) is 0 Å². The molecule has 1 saturated heterocycles. The monoisotopic (exact) mass is 415 g/mol. The molecule has 1 unspecified atom stereocenters. The molecule has 0 spiro atoms. The van der Waals surface area contributed by atoms with Crippen LogP contribution in [0, 0.1) is 22.7 Å². The summed E-state index contributed by atoms with van der Waals surface area (Å²) in [6.07, 6.45) is -6.01. The third-order valence-electron chi connectivity index (χ3n) is 4.34. The number of nitriles is 2. The van der Waals surface area contributed by atoms with Gasteiger partial charge in [0.1, 0.15) is 12.4 Å². The highest BCUT2D eigenvalue weighted by atomic mass is 19.4. The maximum Gasteiger partial charge on any atom is 0.422 e. The first kappa shape index (κ1) is 20.7. The number of halogens is 3. The highest BCUT2D eigenvalue weighted by Crippen LogP contribution is 2.37. The Bertz CT molecular complexity index is 1100. The zero-order valence-electron chi connectivity index (χ0n) is 15.4. The minimum Gasteiger partial charge on any atom is -0.489 e. The van der Waals surface area contributed by atoms with Gasteiger partial charge in [0.2, 0.25) is 5.60 Å². The standard InChI is InChI=1S/C20H12F3N3O4/c1-19(11-29-15-6-2-12(9-24)3-7-15)17(27)26(18(28)30-19)14-5-4-13(10-25)16(8-14)20(21,22)23/h2-8H,11H2,1H3. The van der Waals surface area contributed by atoms with Gasteiger partial charge in [-0.15, -0.1) is 0 Å². The normalized spacial score (nSPS) is 18.5. The van der Waals surface area contributed by atoms with Crippen molar-refractivity contribution in [3.05, 3.63) is 59.2 Å². The molecule has 0 bridgehead atoms. The van der Waals surface area contributed by atoms with Crippen molar-refractivity contribution in [3.63, 3.8) is 0 Å². The van der Waals surface area contributed by atoms with Crippen molar-refractivity contribution in [2.75, 3.05) is 11.5 Å². The summed E-state index contributed by atoms with van der Waals surface area (Å²) in [4.78, 5) is 25.5. The van der Waals surface area contributed by atoms with Crippen LogP contribution in [-0.2, 0) is 15.7 Å². The van der Waals surface area contributed by atoms with E-state index in [9.17, 15) is 22.8 Å². The molecule has 1 aliphatic rings. The molecule has 0 N–H and O–H groups in total. The Balaban J connectivity index is 1.85. The van der Waals surface area contributed by atoms with Gasteiger partial charge in [0.15, 0.2) is 0 Å². The molecule has 1 heterocycles.